The molecule has 0 fully saturated rings. The van der Waals surface area contributed by atoms with Crippen LogP contribution in [0.25, 0.3) is 0 Å². The number of fused-ring (bicyclic) bond motifs is 1. The van der Waals surface area contributed by atoms with Crippen LogP contribution < -0.4 is 0 Å². The number of ketones is 1. The summed E-state index contributed by atoms with van der Waals surface area (Å²) in [5.74, 6) is -0.328. The van der Waals surface area contributed by atoms with Gasteiger partial charge in [0.25, 0.3) is 0 Å². The van der Waals surface area contributed by atoms with Crippen molar-refractivity contribution >= 4 is 5.78 Å². The molecule has 0 saturated heterocycles. The Balaban J connectivity index is 2.35. The molecule has 2 rings (SSSR count). The second-order valence-corrected chi connectivity index (χ2v) is 7.56. The van der Waals surface area contributed by atoms with E-state index in [2.05, 4.69) is 0 Å². The van der Waals surface area contributed by atoms with Crippen LogP contribution in [0.1, 0.15) is 41.0 Å². The average molecular weight is 364 g/mol. The molecule has 1 heterocycles. The monoisotopic (exact) mass is 364 g/mol. The van der Waals surface area contributed by atoms with E-state index in [-0.39, 0.29) is 17.3 Å². The number of rotatable bonds is 5. The van der Waals surface area contributed by atoms with Gasteiger partial charge in [-0.2, -0.15) is 0 Å². The molecule has 0 amide bonds. The first-order chi connectivity index (χ1) is 11.9. The highest BCUT2D eigenvalue weighted by atomic mass is 16.5. The van der Waals surface area contributed by atoms with Gasteiger partial charge in [-0.1, -0.05) is 26.3 Å². The summed E-state index contributed by atoms with van der Waals surface area (Å²) in [6.45, 7) is 8.44. The Morgan fingerprint density at radius 1 is 1.46 bits per heavy atom. The van der Waals surface area contributed by atoms with Crippen LogP contribution in [-0.2, 0) is 9.53 Å². The van der Waals surface area contributed by atoms with Gasteiger partial charge in [-0.15, -0.1) is 0 Å². The van der Waals surface area contributed by atoms with Gasteiger partial charge < -0.3 is 25.2 Å². The molecule has 0 bridgehead atoms. The van der Waals surface area contributed by atoms with Crippen LogP contribution in [0, 0.1) is 5.92 Å². The largest absolute Gasteiger partial charge is 0.466 e. The third-order valence-corrected chi connectivity index (χ3v) is 5.20. The first-order valence-corrected chi connectivity index (χ1v) is 8.77. The van der Waals surface area contributed by atoms with Crippen LogP contribution in [0.2, 0.25) is 0 Å². The summed E-state index contributed by atoms with van der Waals surface area (Å²) in [6, 6.07) is 0. The van der Waals surface area contributed by atoms with Gasteiger partial charge in [-0.05, 0) is 50.0 Å². The number of carbonyl (C=O) groups is 1. The van der Waals surface area contributed by atoms with E-state index < -0.39 is 29.2 Å². The number of hydrogen-bond donors (Lipinski definition) is 4. The molecular weight excluding hydrogens is 336 g/mol. The second-order valence-electron chi connectivity index (χ2n) is 7.56. The van der Waals surface area contributed by atoms with E-state index in [4.69, 9.17) is 4.74 Å². The molecule has 6 heteroatoms. The molecular formula is C20H28O6. The minimum atomic E-state index is -1.93. The minimum absolute atomic E-state index is 0.0541. The molecule has 144 valence electrons. The summed E-state index contributed by atoms with van der Waals surface area (Å²) in [7, 11) is 0. The SMILES string of the molecule is CC[C@H](C)/C=C(\C)[C@@H](O)[C@](C)(O)C1=CC2=CC(=O)[C@@](C)(O)[C@H](O)C2=CO1. The Morgan fingerprint density at radius 3 is 2.65 bits per heavy atom. The average Bonchev–Trinajstić information content (AvgIpc) is 2.58. The number of hydrogen-bond acceptors (Lipinski definition) is 6. The van der Waals surface area contributed by atoms with Crippen molar-refractivity contribution in [3.05, 3.63) is 47.0 Å². The van der Waals surface area contributed by atoms with Gasteiger partial charge >= 0.3 is 0 Å². The summed E-state index contributed by atoms with van der Waals surface area (Å²) >= 11 is 0. The summed E-state index contributed by atoms with van der Waals surface area (Å²) in [4.78, 5) is 12.0. The van der Waals surface area contributed by atoms with Crippen molar-refractivity contribution in [2.75, 3.05) is 0 Å². The second kappa shape index (κ2) is 7.12. The quantitative estimate of drug-likeness (QED) is 0.551. The minimum Gasteiger partial charge on any atom is -0.466 e. The summed E-state index contributed by atoms with van der Waals surface area (Å²) in [6.07, 6.45) is 3.97. The van der Waals surface area contributed by atoms with Crippen molar-refractivity contribution in [1.82, 2.24) is 0 Å². The van der Waals surface area contributed by atoms with Crippen molar-refractivity contribution in [2.24, 2.45) is 5.92 Å². The first kappa shape index (κ1) is 20.6. The van der Waals surface area contributed by atoms with Crippen LogP contribution in [-0.4, -0.2) is 49.6 Å². The molecule has 5 atom stereocenters. The highest BCUT2D eigenvalue weighted by Gasteiger charge is 2.46. The molecule has 0 aromatic rings. The molecule has 1 aliphatic heterocycles. The Morgan fingerprint density at radius 2 is 2.08 bits per heavy atom. The van der Waals surface area contributed by atoms with Crippen molar-refractivity contribution in [3.63, 3.8) is 0 Å². The van der Waals surface area contributed by atoms with E-state index in [9.17, 15) is 25.2 Å². The first-order valence-electron chi connectivity index (χ1n) is 8.77. The van der Waals surface area contributed by atoms with Crippen LogP contribution in [0.3, 0.4) is 0 Å². The third-order valence-electron chi connectivity index (χ3n) is 5.20. The van der Waals surface area contributed by atoms with Crippen LogP contribution in [0.4, 0.5) is 0 Å². The fourth-order valence-electron chi connectivity index (χ4n) is 3.03. The van der Waals surface area contributed by atoms with Gasteiger partial charge in [0.2, 0.25) is 0 Å². The van der Waals surface area contributed by atoms with E-state index in [0.29, 0.717) is 11.1 Å². The van der Waals surface area contributed by atoms with E-state index in [1.54, 1.807) is 6.92 Å². The summed E-state index contributed by atoms with van der Waals surface area (Å²) in [5.41, 5.74) is -2.46. The van der Waals surface area contributed by atoms with Crippen molar-refractivity contribution in [1.29, 1.82) is 0 Å². The van der Waals surface area contributed by atoms with Gasteiger partial charge in [0.1, 0.15) is 23.6 Å². The maximum Gasteiger partial charge on any atom is 0.190 e. The number of aliphatic hydroxyl groups excluding tert-OH is 2. The Bertz CT molecular complexity index is 708. The Hall–Kier alpha value is -1.73. The predicted molar refractivity (Wildman–Crippen MR) is 96.8 cm³/mol. The van der Waals surface area contributed by atoms with Crippen molar-refractivity contribution < 1.29 is 30.0 Å². The number of ether oxygens (including phenoxy) is 1. The topological polar surface area (TPSA) is 107 Å². The van der Waals surface area contributed by atoms with Crippen LogP contribution >= 0.6 is 0 Å². The lowest BCUT2D eigenvalue weighted by atomic mass is 9.78. The van der Waals surface area contributed by atoms with Crippen molar-refractivity contribution in [2.45, 2.75) is 64.4 Å². The molecule has 0 saturated carbocycles. The zero-order valence-electron chi connectivity index (χ0n) is 15.9. The van der Waals surface area contributed by atoms with E-state index in [1.807, 2.05) is 19.9 Å². The van der Waals surface area contributed by atoms with Gasteiger partial charge in [0.15, 0.2) is 11.4 Å². The fourth-order valence-corrected chi connectivity index (χ4v) is 3.03. The summed E-state index contributed by atoms with van der Waals surface area (Å²) in [5, 5.41) is 41.7. The highest BCUT2D eigenvalue weighted by molar-refractivity contribution is 6.01. The van der Waals surface area contributed by atoms with Crippen LogP contribution in [0.15, 0.2) is 47.0 Å². The van der Waals surface area contributed by atoms with Crippen LogP contribution in [0.5, 0.6) is 0 Å². The molecule has 26 heavy (non-hydrogen) atoms. The molecule has 6 nitrogen and oxygen atoms in total. The van der Waals surface area contributed by atoms with Gasteiger partial charge in [0, 0.05) is 5.57 Å². The maximum atomic E-state index is 12.0. The zero-order valence-corrected chi connectivity index (χ0v) is 15.9. The molecule has 4 N–H and O–H groups in total. The lowest BCUT2D eigenvalue weighted by molar-refractivity contribution is -0.140. The van der Waals surface area contributed by atoms with Gasteiger partial charge in [0.05, 0.1) is 6.26 Å². The third kappa shape index (κ3) is 3.55. The highest BCUT2D eigenvalue weighted by Crippen LogP contribution is 2.37. The lowest BCUT2D eigenvalue weighted by Gasteiger charge is -2.37. The molecule has 1 aliphatic carbocycles. The lowest BCUT2D eigenvalue weighted by Crippen LogP contribution is -2.50. The molecule has 0 spiro atoms. The maximum absolute atomic E-state index is 12.0. The predicted octanol–water partition coefficient (Wildman–Crippen LogP) is 1.51. The number of allylic oxidation sites excluding steroid dienone is 2. The molecule has 0 aromatic carbocycles. The van der Waals surface area contributed by atoms with E-state index >= 15 is 0 Å². The van der Waals surface area contributed by atoms with E-state index in [1.165, 1.54) is 32.3 Å². The molecule has 0 aromatic heterocycles. The normalized spacial score (nSPS) is 31.0. The fraction of sp³-hybridized carbons (Fsp3) is 0.550. The van der Waals surface area contributed by atoms with E-state index in [0.717, 1.165) is 6.42 Å². The number of carbonyl (C=O) groups excluding carboxylic acids is 1. The zero-order chi connectivity index (χ0) is 19.9. The Kier molecular flexibility index (Phi) is 5.63. The van der Waals surface area contributed by atoms with Gasteiger partial charge in [-0.3, -0.25) is 4.79 Å². The smallest absolute Gasteiger partial charge is 0.190 e. The van der Waals surface area contributed by atoms with Crippen molar-refractivity contribution in [3.8, 4) is 0 Å². The molecule has 0 unspecified atom stereocenters. The standard InChI is InChI=1S/C20H28O6/c1-6-11(2)7-12(3)17(22)20(5,25)16-9-13-8-15(21)19(4,24)18(23)14(13)10-26-16/h7-11,17-18,22-25H,6H2,1-5H3/b12-7+/t11-,17+,18+,19+,20+/m0/s1. The number of aliphatic hydroxyl groups is 4. The molecule has 0 radical (unpaired) electrons. The van der Waals surface area contributed by atoms with Gasteiger partial charge in [-0.25, -0.2) is 0 Å². The Labute approximate surface area is 153 Å². The molecule has 2 aliphatic rings. The summed E-state index contributed by atoms with van der Waals surface area (Å²) < 4.78 is 5.45.